The van der Waals surface area contributed by atoms with Gasteiger partial charge in [-0.1, -0.05) is 44.9 Å². The molecule has 0 saturated heterocycles. The van der Waals surface area contributed by atoms with Crippen molar-refractivity contribution in [2.45, 2.75) is 154 Å². The van der Waals surface area contributed by atoms with Gasteiger partial charge in [0.15, 0.2) is 17.2 Å². The average Bonchev–Trinajstić information content (AvgIpc) is 3.56. The van der Waals surface area contributed by atoms with Crippen molar-refractivity contribution in [3.05, 3.63) is 35.5 Å². The maximum absolute atomic E-state index is 17.5. The van der Waals surface area contributed by atoms with Gasteiger partial charge < -0.3 is 24.8 Å². The molecule has 0 aromatic heterocycles. The van der Waals surface area contributed by atoms with Gasteiger partial charge >= 0.3 is 11.9 Å². The number of esters is 2. The number of aliphatic hydroxyl groups excluding tert-OH is 2. The minimum Gasteiger partial charge on any atom is -0.463 e. The number of hydrogen-bond acceptors (Lipinski definition) is 9. The second-order valence-corrected chi connectivity index (χ2v) is 20.2. The number of halogens is 1. The smallest absolute Gasteiger partial charge is 0.306 e. The molecule has 308 valence electrons. The molecule has 0 bridgehead atoms. The zero-order chi connectivity index (χ0) is 40.2. The van der Waals surface area contributed by atoms with Crippen molar-refractivity contribution >= 4 is 23.5 Å². The van der Waals surface area contributed by atoms with Crippen molar-refractivity contribution in [1.29, 1.82) is 0 Å². The van der Waals surface area contributed by atoms with Gasteiger partial charge in [-0.2, -0.15) is 0 Å². The number of carbonyl (C=O) groups is 4. The summed E-state index contributed by atoms with van der Waals surface area (Å²) in [5.74, 6) is 0.384. The van der Waals surface area contributed by atoms with Crippen LogP contribution in [0.5, 0.6) is 0 Å². The van der Waals surface area contributed by atoms with Gasteiger partial charge in [0, 0.05) is 41.4 Å². The largest absolute Gasteiger partial charge is 0.463 e. The Hall–Kier alpha value is -2.69. The monoisotopic (exact) mass is 778 g/mol. The fraction of sp³-hybridized carbons (Fsp3) is 0.783. The Morgan fingerprint density at radius 3 is 2.45 bits per heavy atom. The highest BCUT2D eigenvalue weighted by molar-refractivity contribution is 6.01. The predicted octanol–water partition coefficient (Wildman–Crippen LogP) is 6.71. The van der Waals surface area contributed by atoms with Crippen molar-refractivity contribution in [1.82, 2.24) is 0 Å². The molecule has 0 heterocycles. The van der Waals surface area contributed by atoms with Crippen LogP contribution >= 0.6 is 0 Å². The van der Waals surface area contributed by atoms with Gasteiger partial charge in [-0.05, 0) is 137 Å². The highest BCUT2D eigenvalue weighted by Gasteiger charge is 2.75. The Bertz CT molecular complexity index is 1750. The zero-order valence-corrected chi connectivity index (χ0v) is 33.9. The molecule has 8 aliphatic rings. The van der Waals surface area contributed by atoms with Crippen LogP contribution in [0.15, 0.2) is 35.5 Å². The lowest BCUT2D eigenvalue weighted by Gasteiger charge is -2.63. The quantitative estimate of drug-likeness (QED) is 0.229. The molecular formula is C46H63FO9. The Morgan fingerprint density at radius 2 is 1.68 bits per heavy atom. The van der Waals surface area contributed by atoms with E-state index in [2.05, 4.69) is 13.8 Å². The third-order valence-corrected chi connectivity index (χ3v) is 17.8. The van der Waals surface area contributed by atoms with Crippen LogP contribution in [0.3, 0.4) is 0 Å². The molecule has 8 aliphatic carbocycles. The van der Waals surface area contributed by atoms with E-state index in [1.807, 2.05) is 19.9 Å². The minimum absolute atomic E-state index is 0.0452. The molecule has 10 heteroatoms. The van der Waals surface area contributed by atoms with E-state index in [-0.39, 0.29) is 60.7 Å². The Morgan fingerprint density at radius 1 is 0.929 bits per heavy atom. The lowest BCUT2D eigenvalue weighted by molar-refractivity contribution is -0.244. The van der Waals surface area contributed by atoms with E-state index in [0.717, 1.165) is 38.5 Å². The third-order valence-electron chi connectivity index (χ3n) is 17.8. The van der Waals surface area contributed by atoms with Gasteiger partial charge in [0.25, 0.3) is 0 Å². The van der Waals surface area contributed by atoms with Gasteiger partial charge in [-0.15, -0.1) is 0 Å². The van der Waals surface area contributed by atoms with Crippen LogP contribution in [0.2, 0.25) is 0 Å². The van der Waals surface area contributed by atoms with Crippen molar-refractivity contribution in [2.24, 2.45) is 63.6 Å². The number of alkyl halides is 1. The van der Waals surface area contributed by atoms with Gasteiger partial charge in [0.1, 0.15) is 24.4 Å². The maximum Gasteiger partial charge on any atom is 0.306 e. The molecule has 0 aromatic rings. The number of ketones is 2. The molecule has 9 nitrogen and oxygen atoms in total. The van der Waals surface area contributed by atoms with Crippen LogP contribution < -0.4 is 0 Å². The average molecular weight is 779 g/mol. The molecule has 6 saturated carbocycles. The standard InChI is InChI=1S/C46H63FO9/c1-25-22-42(3)33(32-12-9-27-20-29(48)11-13-31(27)41(25)32)15-16-38(42)56-40(53)8-6-7-39(52)55-24-37(51)46(54)26(2)19-35-34-14-10-28-21-30(49)17-18-43(28,4)45(34,47)36(50)23-44(35,46)5/h17-18,20-21,25-26,31-38,41,50-51,54H,6-16,19,22-24H2,1-5H3/t25-,26-,31?,32?,33?,34?,35?,36-,37?,38-,41?,42-,43-,44-,45-,46-/m0/s1. The Balaban J connectivity index is 0.840. The number of hydrogen-bond donors (Lipinski definition) is 3. The summed E-state index contributed by atoms with van der Waals surface area (Å²) in [5, 5.41) is 35.5. The van der Waals surface area contributed by atoms with E-state index in [9.17, 15) is 34.5 Å². The van der Waals surface area contributed by atoms with E-state index >= 15 is 4.39 Å². The summed E-state index contributed by atoms with van der Waals surface area (Å²) in [4.78, 5) is 50.4. The number of allylic oxidation sites excluding steroid dienone is 5. The maximum atomic E-state index is 17.5. The molecule has 0 spiro atoms. The van der Waals surface area contributed by atoms with Gasteiger partial charge in [0.05, 0.1) is 6.10 Å². The van der Waals surface area contributed by atoms with Gasteiger partial charge in [0.2, 0.25) is 0 Å². The van der Waals surface area contributed by atoms with Crippen LogP contribution in [0.25, 0.3) is 0 Å². The fourth-order valence-electron chi connectivity index (χ4n) is 15.2. The molecule has 8 rings (SSSR count). The molecule has 3 N–H and O–H groups in total. The molecule has 0 aliphatic heterocycles. The van der Waals surface area contributed by atoms with E-state index in [1.165, 1.54) is 17.7 Å². The van der Waals surface area contributed by atoms with Gasteiger partial charge in [-0.25, -0.2) is 4.39 Å². The summed E-state index contributed by atoms with van der Waals surface area (Å²) in [6.45, 7) is 9.58. The minimum atomic E-state index is -2.05. The lowest BCUT2D eigenvalue weighted by Crippen LogP contribution is -2.70. The topological polar surface area (TPSA) is 147 Å². The van der Waals surface area contributed by atoms with Crippen molar-refractivity contribution in [3.63, 3.8) is 0 Å². The highest BCUT2D eigenvalue weighted by atomic mass is 19.1. The number of aliphatic hydroxyl groups is 3. The second kappa shape index (κ2) is 14.0. The van der Waals surface area contributed by atoms with Crippen LogP contribution in [0.1, 0.15) is 125 Å². The molecule has 7 unspecified atom stereocenters. The normalized spacial score (nSPS) is 48.2. The summed E-state index contributed by atoms with van der Waals surface area (Å²) in [7, 11) is 0. The lowest BCUT2D eigenvalue weighted by atomic mass is 9.44. The number of ether oxygens (including phenoxy) is 2. The first-order chi connectivity index (χ1) is 26.4. The summed E-state index contributed by atoms with van der Waals surface area (Å²) in [6, 6.07) is 0. The SMILES string of the molecule is C[C@H]1C[C@@]2(C)C(CC[C@@H]2OC(=O)CCCC(=O)OCC(O)[C@@]2(O)[C@@H](C)CC3C4CCC5=CC(=O)C=C[C@]5(C)[C@@]4(F)[C@@H](O)C[C@@]32C)C2CCC3=CC(=O)CCC3C21. The molecule has 16 atom stereocenters. The van der Waals surface area contributed by atoms with Crippen molar-refractivity contribution in [2.75, 3.05) is 6.61 Å². The summed E-state index contributed by atoms with van der Waals surface area (Å²) in [6.07, 6.45) is 11.4. The van der Waals surface area contributed by atoms with E-state index < -0.39 is 58.7 Å². The molecule has 56 heavy (non-hydrogen) atoms. The zero-order valence-electron chi connectivity index (χ0n) is 33.9. The number of fused-ring (bicyclic) bond motifs is 10. The molecule has 0 amide bonds. The molecule has 6 fully saturated rings. The predicted molar refractivity (Wildman–Crippen MR) is 205 cm³/mol. The molecule has 0 radical (unpaired) electrons. The van der Waals surface area contributed by atoms with Crippen LogP contribution in [-0.4, -0.2) is 75.0 Å². The Labute approximate surface area is 330 Å². The number of carbonyl (C=O) groups excluding carboxylic acids is 4. The molecule has 0 aromatic carbocycles. The van der Waals surface area contributed by atoms with Crippen molar-refractivity contribution in [3.8, 4) is 0 Å². The van der Waals surface area contributed by atoms with E-state index in [0.29, 0.717) is 60.8 Å². The summed E-state index contributed by atoms with van der Waals surface area (Å²) in [5.41, 5.74) is -4.06. The Kier molecular flexibility index (Phi) is 10.0. The van der Waals surface area contributed by atoms with Crippen LogP contribution in [0.4, 0.5) is 4.39 Å². The van der Waals surface area contributed by atoms with Crippen molar-refractivity contribution < 1.29 is 48.4 Å². The summed E-state index contributed by atoms with van der Waals surface area (Å²) < 4.78 is 29.2. The first-order valence-corrected chi connectivity index (χ1v) is 21.7. The van der Waals surface area contributed by atoms with E-state index in [1.54, 1.807) is 13.0 Å². The first kappa shape index (κ1) is 40.1. The third kappa shape index (κ3) is 5.75. The second-order valence-electron chi connectivity index (χ2n) is 20.2. The van der Waals surface area contributed by atoms with Gasteiger partial charge in [-0.3, -0.25) is 19.2 Å². The summed E-state index contributed by atoms with van der Waals surface area (Å²) >= 11 is 0. The van der Waals surface area contributed by atoms with Crippen LogP contribution in [-0.2, 0) is 28.7 Å². The van der Waals surface area contributed by atoms with Crippen LogP contribution in [0, 0.1) is 63.6 Å². The fourth-order valence-corrected chi connectivity index (χ4v) is 15.2. The van der Waals surface area contributed by atoms with E-state index in [4.69, 9.17) is 9.47 Å². The number of rotatable bonds is 8. The molecular weight excluding hydrogens is 715 g/mol. The first-order valence-electron chi connectivity index (χ1n) is 21.7. The highest BCUT2D eigenvalue weighted by Crippen LogP contribution is 2.71.